The molecule has 3 rings (SSSR count). The second kappa shape index (κ2) is 8.25. The SMILES string of the molecule is O=c1[nH]c(NCc2ccc(Cl)c(Cl)c2)cc2ncn(CCCCBr)c12. The summed E-state index contributed by atoms with van der Waals surface area (Å²) in [5, 5.41) is 5.17. The first-order chi connectivity index (χ1) is 12.1. The fourth-order valence-electron chi connectivity index (χ4n) is 2.59. The Balaban J connectivity index is 1.76. The molecule has 0 aliphatic rings. The van der Waals surface area contributed by atoms with Crippen LogP contribution < -0.4 is 10.9 Å². The third-order valence-electron chi connectivity index (χ3n) is 3.86. The molecule has 0 bridgehead atoms. The Kier molecular flexibility index (Phi) is 6.04. The zero-order valence-corrected chi connectivity index (χ0v) is 16.5. The van der Waals surface area contributed by atoms with Gasteiger partial charge in [0, 0.05) is 24.5 Å². The third kappa shape index (κ3) is 4.37. The molecule has 0 atom stereocenters. The van der Waals surface area contributed by atoms with Crippen LogP contribution in [-0.2, 0) is 13.1 Å². The van der Waals surface area contributed by atoms with Gasteiger partial charge in [0.1, 0.15) is 11.3 Å². The Labute approximate surface area is 163 Å². The fraction of sp³-hybridized carbons (Fsp3) is 0.294. The summed E-state index contributed by atoms with van der Waals surface area (Å²) in [7, 11) is 0. The monoisotopic (exact) mass is 442 g/mol. The number of fused-ring (bicyclic) bond motifs is 1. The molecule has 0 radical (unpaired) electrons. The molecule has 0 unspecified atom stereocenters. The van der Waals surface area contributed by atoms with Crippen LogP contribution in [0.5, 0.6) is 0 Å². The number of aromatic nitrogens is 3. The van der Waals surface area contributed by atoms with Crippen molar-refractivity contribution in [3.8, 4) is 0 Å². The van der Waals surface area contributed by atoms with Gasteiger partial charge in [-0.05, 0) is 30.5 Å². The van der Waals surface area contributed by atoms with Crippen molar-refractivity contribution in [1.29, 1.82) is 0 Å². The smallest absolute Gasteiger partial charge is 0.275 e. The topological polar surface area (TPSA) is 62.7 Å². The first-order valence-electron chi connectivity index (χ1n) is 7.90. The van der Waals surface area contributed by atoms with E-state index in [0.29, 0.717) is 33.4 Å². The molecule has 0 saturated carbocycles. The maximum absolute atomic E-state index is 12.4. The molecule has 25 heavy (non-hydrogen) atoms. The van der Waals surface area contributed by atoms with Crippen LogP contribution in [0.4, 0.5) is 5.82 Å². The second-order valence-electron chi connectivity index (χ2n) is 5.68. The molecule has 8 heteroatoms. The third-order valence-corrected chi connectivity index (χ3v) is 5.16. The Morgan fingerprint density at radius 2 is 2.04 bits per heavy atom. The highest BCUT2D eigenvalue weighted by molar-refractivity contribution is 9.09. The van der Waals surface area contributed by atoms with Gasteiger partial charge in [0.15, 0.2) is 0 Å². The van der Waals surface area contributed by atoms with Crippen LogP contribution >= 0.6 is 39.1 Å². The lowest BCUT2D eigenvalue weighted by Gasteiger charge is -2.08. The molecule has 5 nitrogen and oxygen atoms in total. The van der Waals surface area contributed by atoms with E-state index in [9.17, 15) is 4.79 Å². The lowest BCUT2D eigenvalue weighted by molar-refractivity contribution is 0.649. The minimum Gasteiger partial charge on any atom is -0.367 e. The summed E-state index contributed by atoms with van der Waals surface area (Å²) in [6.45, 7) is 1.30. The molecule has 2 N–H and O–H groups in total. The Morgan fingerprint density at radius 3 is 2.80 bits per heavy atom. The summed E-state index contributed by atoms with van der Waals surface area (Å²) in [5.74, 6) is 0.620. The van der Waals surface area contributed by atoms with Gasteiger partial charge in [0.05, 0.1) is 21.9 Å². The van der Waals surface area contributed by atoms with Gasteiger partial charge in [-0.1, -0.05) is 45.2 Å². The number of nitrogens with one attached hydrogen (secondary N) is 2. The first kappa shape index (κ1) is 18.3. The molecule has 1 aromatic carbocycles. The zero-order valence-electron chi connectivity index (χ0n) is 13.4. The predicted octanol–water partition coefficient (Wildman–Crippen LogP) is 4.82. The molecule has 3 aromatic rings. The average molecular weight is 444 g/mol. The van der Waals surface area contributed by atoms with Gasteiger partial charge in [-0.25, -0.2) is 4.98 Å². The highest BCUT2D eigenvalue weighted by Crippen LogP contribution is 2.23. The number of rotatable bonds is 7. The van der Waals surface area contributed by atoms with Crippen molar-refractivity contribution < 1.29 is 0 Å². The van der Waals surface area contributed by atoms with Gasteiger partial charge < -0.3 is 14.9 Å². The Hall–Kier alpha value is -1.50. The maximum atomic E-state index is 12.4. The number of halogens is 3. The van der Waals surface area contributed by atoms with Crippen molar-refractivity contribution in [1.82, 2.24) is 14.5 Å². The highest BCUT2D eigenvalue weighted by Gasteiger charge is 2.09. The number of unbranched alkanes of at least 4 members (excludes halogenated alkanes) is 1. The molecule has 0 saturated heterocycles. The van der Waals surface area contributed by atoms with E-state index in [2.05, 4.69) is 31.2 Å². The standard InChI is InChI=1S/C17H17BrCl2N4O/c18-5-1-2-6-24-10-22-14-8-15(23-17(25)16(14)24)21-9-11-3-4-12(19)13(20)7-11/h3-4,7-8,10H,1-2,5-6,9H2,(H2,21,23,25). The largest absolute Gasteiger partial charge is 0.367 e. The van der Waals surface area contributed by atoms with Crippen LogP contribution in [0.1, 0.15) is 18.4 Å². The lowest BCUT2D eigenvalue weighted by atomic mass is 10.2. The number of aryl methyl sites for hydroxylation is 1. The van der Waals surface area contributed by atoms with Crippen molar-refractivity contribution in [2.24, 2.45) is 0 Å². The van der Waals surface area contributed by atoms with E-state index in [1.165, 1.54) is 0 Å². The second-order valence-corrected chi connectivity index (χ2v) is 7.29. The highest BCUT2D eigenvalue weighted by atomic mass is 79.9. The van der Waals surface area contributed by atoms with Crippen molar-refractivity contribution in [2.75, 3.05) is 10.6 Å². The molecule has 2 aromatic heterocycles. The number of imidazole rings is 1. The number of H-pyrrole nitrogens is 1. The summed E-state index contributed by atoms with van der Waals surface area (Å²) in [4.78, 5) is 19.6. The van der Waals surface area contributed by atoms with Gasteiger partial charge in [-0.3, -0.25) is 4.79 Å². The average Bonchev–Trinajstić information content (AvgIpc) is 3.00. The summed E-state index contributed by atoms with van der Waals surface area (Å²) < 4.78 is 1.90. The summed E-state index contributed by atoms with van der Waals surface area (Å²) >= 11 is 15.4. The molecular formula is C17H17BrCl2N4O. The molecular weight excluding hydrogens is 427 g/mol. The minimum atomic E-state index is -0.148. The normalized spacial score (nSPS) is 11.2. The Morgan fingerprint density at radius 1 is 1.20 bits per heavy atom. The molecule has 0 spiro atoms. The van der Waals surface area contributed by atoms with E-state index in [1.807, 2.05) is 16.7 Å². The Bertz CT molecular complexity index is 938. The van der Waals surface area contributed by atoms with E-state index in [1.54, 1.807) is 18.5 Å². The van der Waals surface area contributed by atoms with E-state index >= 15 is 0 Å². The van der Waals surface area contributed by atoms with E-state index in [-0.39, 0.29) is 5.56 Å². The first-order valence-corrected chi connectivity index (χ1v) is 9.78. The number of alkyl halides is 1. The zero-order chi connectivity index (χ0) is 17.8. The van der Waals surface area contributed by atoms with Gasteiger partial charge >= 0.3 is 0 Å². The van der Waals surface area contributed by atoms with Crippen LogP contribution in [0.3, 0.4) is 0 Å². The number of anilines is 1. The van der Waals surface area contributed by atoms with E-state index in [4.69, 9.17) is 23.2 Å². The number of benzene rings is 1. The lowest BCUT2D eigenvalue weighted by Crippen LogP contribution is -2.14. The van der Waals surface area contributed by atoms with Gasteiger partial charge in [-0.15, -0.1) is 0 Å². The van der Waals surface area contributed by atoms with E-state index in [0.717, 1.165) is 30.3 Å². The minimum absolute atomic E-state index is 0.148. The molecule has 2 heterocycles. The van der Waals surface area contributed by atoms with Crippen molar-refractivity contribution in [2.45, 2.75) is 25.9 Å². The molecule has 0 fully saturated rings. The molecule has 132 valence electrons. The van der Waals surface area contributed by atoms with Crippen LogP contribution in [0.2, 0.25) is 10.0 Å². The summed E-state index contributed by atoms with van der Waals surface area (Å²) in [6.07, 6.45) is 3.77. The van der Waals surface area contributed by atoms with Crippen LogP contribution in [0.15, 0.2) is 35.4 Å². The summed E-state index contributed by atoms with van der Waals surface area (Å²) in [5.41, 5.74) is 2.11. The maximum Gasteiger partial charge on any atom is 0.275 e. The molecule has 0 amide bonds. The quantitative estimate of drug-likeness (QED) is 0.406. The number of pyridine rings is 1. The van der Waals surface area contributed by atoms with Crippen molar-refractivity contribution in [3.63, 3.8) is 0 Å². The summed E-state index contributed by atoms with van der Waals surface area (Å²) in [6, 6.07) is 7.28. The van der Waals surface area contributed by atoms with E-state index < -0.39 is 0 Å². The number of aromatic amines is 1. The van der Waals surface area contributed by atoms with Crippen molar-refractivity contribution in [3.05, 3.63) is 56.6 Å². The van der Waals surface area contributed by atoms with Crippen molar-refractivity contribution >= 4 is 56.0 Å². The number of hydrogen-bond donors (Lipinski definition) is 2. The van der Waals surface area contributed by atoms with Gasteiger partial charge in [-0.2, -0.15) is 0 Å². The number of hydrogen-bond acceptors (Lipinski definition) is 3. The molecule has 0 aliphatic carbocycles. The van der Waals surface area contributed by atoms with Crippen LogP contribution in [0, 0.1) is 0 Å². The van der Waals surface area contributed by atoms with Gasteiger partial charge in [0.25, 0.3) is 5.56 Å². The predicted molar refractivity (Wildman–Crippen MR) is 107 cm³/mol. The fourth-order valence-corrected chi connectivity index (χ4v) is 3.31. The van der Waals surface area contributed by atoms with Gasteiger partial charge in [0.2, 0.25) is 0 Å². The van der Waals surface area contributed by atoms with Crippen LogP contribution in [-0.4, -0.2) is 19.9 Å². The molecule has 0 aliphatic heterocycles. The number of nitrogens with zero attached hydrogens (tertiary/aromatic N) is 2. The van der Waals surface area contributed by atoms with Crippen LogP contribution in [0.25, 0.3) is 11.0 Å².